The summed E-state index contributed by atoms with van der Waals surface area (Å²) < 4.78 is 10.5. The van der Waals surface area contributed by atoms with E-state index in [-0.39, 0.29) is 17.6 Å². The predicted octanol–water partition coefficient (Wildman–Crippen LogP) is 4.44. The van der Waals surface area contributed by atoms with E-state index in [4.69, 9.17) is 4.74 Å². The molecule has 5 heteroatoms. The second kappa shape index (κ2) is 8.74. The highest BCUT2D eigenvalue weighted by Crippen LogP contribution is 2.27. The summed E-state index contributed by atoms with van der Waals surface area (Å²) in [5.41, 5.74) is 2.21. The van der Waals surface area contributed by atoms with Gasteiger partial charge in [-0.05, 0) is 80.6 Å². The molecule has 0 amide bonds. The Kier molecular flexibility index (Phi) is 6.14. The summed E-state index contributed by atoms with van der Waals surface area (Å²) in [6.45, 7) is 1.88. The van der Waals surface area contributed by atoms with Crippen LogP contribution in [0.15, 0.2) is 42.5 Å². The molecule has 3 rings (SSSR count). The number of phenols is 1. The molecule has 0 atom stereocenters. The van der Waals surface area contributed by atoms with Crippen molar-refractivity contribution >= 4 is 17.8 Å². The van der Waals surface area contributed by atoms with Gasteiger partial charge in [0.2, 0.25) is 0 Å². The summed E-state index contributed by atoms with van der Waals surface area (Å²) in [5.74, 6) is 0.0737. The van der Waals surface area contributed by atoms with Gasteiger partial charge < -0.3 is 14.6 Å². The third-order valence-electron chi connectivity index (χ3n) is 4.94. The molecule has 0 spiro atoms. The molecule has 0 aliphatic heterocycles. The maximum Gasteiger partial charge on any atom is 0.330 e. The number of ether oxygens (including phenoxy) is 2. The molecule has 0 heterocycles. The Bertz CT molecular complexity index is 907. The third kappa shape index (κ3) is 4.60. The van der Waals surface area contributed by atoms with Crippen molar-refractivity contribution in [2.24, 2.45) is 0 Å². The molecule has 0 unspecified atom stereocenters. The van der Waals surface area contributed by atoms with Crippen molar-refractivity contribution in [1.82, 2.24) is 0 Å². The Morgan fingerprint density at radius 1 is 1.11 bits per heavy atom. The van der Waals surface area contributed by atoms with Gasteiger partial charge in [-0.15, -0.1) is 0 Å². The topological polar surface area (TPSA) is 72.8 Å². The number of aryl methyl sites for hydroxylation is 1. The molecule has 0 saturated heterocycles. The van der Waals surface area contributed by atoms with Crippen molar-refractivity contribution in [2.45, 2.75) is 38.7 Å². The van der Waals surface area contributed by atoms with E-state index in [1.807, 2.05) is 19.1 Å². The van der Waals surface area contributed by atoms with Gasteiger partial charge in [-0.3, -0.25) is 4.79 Å². The zero-order valence-corrected chi connectivity index (χ0v) is 16.1. The summed E-state index contributed by atoms with van der Waals surface area (Å²) in [4.78, 5) is 24.2. The lowest BCUT2D eigenvalue weighted by Crippen LogP contribution is -2.11. The molecule has 5 nitrogen and oxygen atoms in total. The van der Waals surface area contributed by atoms with Gasteiger partial charge in [0, 0.05) is 22.8 Å². The summed E-state index contributed by atoms with van der Waals surface area (Å²) in [5, 5.41) is 9.97. The van der Waals surface area contributed by atoms with Crippen LogP contribution in [0.2, 0.25) is 0 Å². The first kappa shape index (κ1) is 19.7. The van der Waals surface area contributed by atoms with Crippen LogP contribution >= 0.6 is 0 Å². The van der Waals surface area contributed by atoms with E-state index in [1.165, 1.54) is 38.2 Å². The highest BCUT2D eigenvalue weighted by atomic mass is 16.5. The summed E-state index contributed by atoms with van der Waals surface area (Å²) >= 11 is 0. The monoisotopic (exact) mass is 380 g/mol. The van der Waals surface area contributed by atoms with Crippen LogP contribution < -0.4 is 4.74 Å². The van der Waals surface area contributed by atoms with Crippen molar-refractivity contribution in [3.05, 3.63) is 64.7 Å². The smallest absolute Gasteiger partial charge is 0.330 e. The van der Waals surface area contributed by atoms with Crippen molar-refractivity contribution < 1.29 is 24.2 Å². The Morgan fingerprint density at radius 2 is 1.86 bits per heavy atom. The Balaban J connectivity index is 1.81. The maximum absolute atomic E-state index is 12.9. The molecular formula is C23H24O5. The van der Waals surface area contributed by atoms with Crippen molar-refractivity contribution in [2.75, 3.05) is 7.11 Å². The second-order valence-electron chi connectivity index (χ2n) is 6.96. The summed E-state index contributed by atoms with van der Waals surface area (Å²) in [6, 6.07) is 10.1. The standard InChI is InChI=1S/C23H24O5/c1-15-13-19(28-18-5-3-4-6-18)9-10-20(15)23(26)17-7-11-21(24)16(14-17)8-12-22(25)27-2/h7-14,18,24H,3-6H2,1-2H3/b12-8+. The fraction of sp³-hybridized carbons (Fsp3) is 0.304. The Hall–Kier alpha value is -3.08. The molecule has 1 saturated carbocycles. The predicted molar refractivity (Wildman–Crippen MR) is 107 cm³/mol. The number of hydrogen-bond acceptors (Lipinski definition) is 5. The number of ketones is 1. The molecule has 146 valence electrons. The van der Waals surface area contributed by atoms with Gasteiger partial charge in [-0.25, -0.2) is 4.79 Å². The molecule has 0 bridgehead atoms. The second-order valence-corrected chi connectivity index (χ2v) is 6.96. The number of phenolic OH excluding ortho intramolecular Hbond substituents is 1. The Labute approximate surface area is 164 Å². The first-order chi connectivity index (χ1) is 13.5. The van der Waals surface area contributed by atoms with Crippen LogP contribution in [-0.2, 0) is 9.53 Å². The van der Waals surface area contributed by atoms with Crippen LogP contribution in [0, 0.1) is 6.92 Å². The van der Waals surface area contributed by atoms with Gasteiger partial charge in [-0.1, -0.05) is 0 Å². The normalized spacial score (nSPS) is 14.4. The van der Waals surface area contributed by atoms with E-state index < -0.39 is 5.97 Å². The van der Waals surface area contributed by atoms with Gasteiger partial charge in [0.25, 0.3) is 0 Å². The summed E-state index contributed by atoms with van der Waals surface area (Å²) in [6.07, 6.45) is 7.45. The van der Waals surface area contributed by atoms with Crippen LogP contribution in [0.1, 0.15) is 52.7 Å². The average Bonchev–Trinajstić information content (AvgIpc) is 3.19. The van der Waals surface area contributed by atoms with Crippen LogP contribution in [0.3, 0.4) is 0 Å². The molecule has 2 aromatic carbocycles. The van der Waals surface area contributed by atoms with Crippen LogP contribution in [-0.4, -0.2) is 30.1 Å². The fourth-order valence-corrected chi connectivity index (χ4v) is 3.37. The van der Waals surface area contributed by atoms with E-state index >= 15 is 0 Å². The van der Waals surface area contributed by atoms with Crippen LogP contribution in [0.5, 0.6) is 11.5 Å². The number of esters is 1. The average molecular weight is 380 g/mol. The highest BCUT2D eigenvalue weighted by Gasteiger charge is 2.18. The minimum absolute atomic E-state index is 0.0197. The minimum atomic E-state index is -0.537. The molecule has 1 N–H and O–H groups in total. The zero-order chi connectivity index (χ0) is 20.1. The molecule has 1 aliphatic rings. The summed E-state index contributed by atoms with van der Waals surface area (Å²) in [7, 11) is 1.27. The Morgan fingerprint density at radius 3 is 2.54 bits per heavy atom. The molecule has 1 aliphatic carbocycles. The third-order valence-corrected chi connectivity index (χ3v) is 4.94. The lowest BCUT2D eigenvalue weighted by molar-refractivity contribution is -0.134. The van der Waals surface area contributed by atoms with Gasteiger partial charge >= 0.3 is 5.97 Å². The van der Waals surface area contributed by atoms with Crippen molar-refractivity contribution in [1.29, 1.82) is 0 Å². The number of hydrogen-bond donors (Lipinski definition) is 1. The van der Waals surface area contributed by atoms with Crippen LogP contribution in [0.25, 0.3) is 6.08 Å². The quantitative estimate of drug-likeness (QED) is 0.456. The SMILES string of the molecule is COC(=O)/C=C/c1cc(C(=O)c2ccc(OC3CCCC3)cc2C)ccc1O. The molecule has 0 aromatic heterocycles. The minimum Gasteiger partial charge on any atom is -0.507 e. The van der Waals surface area contributed by atoms with Gasteiger partial charge in [0.15, 0.2) is 5.78 Å². The first-order valence-electron chi connectivity index (χ1n) is 9.39. The van der Waals surface area contributed by atoms with Gasteiger partial charge in [0.1, 0.15) is 11.5 Å². The van der Waals surface area contributed by atoms with E-state index in [9.17, 15) is 14.7 Å². The van der Waals surface area contributed by atoms with E-state index in [1.54, 1.807) is 18.2 Å². The zero-order valence-electron chi connectivity index (χ0n) is 16.1. The number of aromatic hydroxyl groups is 1. The number of methoxy groups -OCH3 is 1. The van der Waals surface area contributed by atoms with Gasteiger partial charge in [-0.2, -0.15) is 0 Å². The molecule has 1 fully saturated rings. The lowest BCUT2D eigenvalue weighted by Gasteiger charge is -2.14. The van der Waals surface area contributed by atoms with E-state index in [0.29, 0.717) is 16.7 Å². The van der Waals surface area contributed by atoms with E-state index in [0.717, 1.165) is 24.2 Å². The van der Waals surface area contributed by atoms with Crippen molar-refractivity contribution in [3.8, 4) is 11.5 Å². The number of benzene rings is 2. The molecule has 2 aromatic rings. The van der Waals surface area contributed by atoms with Crippen LogP contribution in [0.4, 0.5) is 0 Å². The maximum atomic E-state index is 12.9. The largest absolute Gasteiger partial charge is 0.507 e. The van der Waals surface area contributed by atoms with Gasteiger partial charge in [0.05, 0.1) is 13.2 Å². The lowest BCUT2D eigenvalue weighted by atomic mass is 9.97. The van der Waals surface area contributed by atoms with Crippen molar-refractivity contribution in [3.63, 3.8) is 0 Å². The number of carbonyl (C=O) groups excluding carboxylic acids is 2. The molecule has 0 radical (unpaired) electrons. The van der Waals surface area contributed by atoms with E-state index in [2.05, 4.69) is 4.74 Å². The number of rotatable bonds is 6. The molecule has 28 heavy (non-hydrogen) atoms. The molecular weight excluding hydrogens is 356 g/mol. The number of carbonyl (C=O) groups is 2. The highest BCUT2D eigenvalue weighted by molar-refractivity contribution is 6.10. The first-order valence-corrected chi connectivity index (χ1v) is 9.39. The fourth-order valence-electron chi connectivity index (χ4n) is 3.37.